The molecule has 0 radical (unpaired) electrons. The summed E-state index contributed by atoms with van der Waals surface area (Å²) in [6.07, 6.45) is 1.61. The summed E-state index contributed by atoms with van der Waals surface area (Å²) in [4.78, 5) is 16.6. The van der Waals surface area contributed by atoms with E-state index in [0.29, 0.717) is 5.69 Å². The Labute approximate surface area is 142 Å². The lowest BCUT2D eigenvalue weighted by Gasteiger charge is -2.09. The lowest BCUT2D eigenvalue weighted by Crippen LogP contribution is -2.13. The summed E-state index contributed by atoms with van der Waals surface area (Å²) in [5, 5.41) is 5.08. The van der Waals surface area contributed by atoms with Crippen molar-refractivity contribution in [2.45, 2.75) is 0 Å². The number of hydrogen-bond donors (Lipinski definition) is 1. The van der Waals surface area contributed by atoms with E-state index < -0.39 is 0 Å². The van der Waals surface area contributed by atoms with Crippen molar-refractivity contribution in [3.8, 4) is 5.75 Å². The third kappa shape index (κ3) is 2.39. The first-order valence-electron chi connectivity index (χ1n) is 7.48. The molecular weight excluding hydrogens is 320 g/mol. The molecule has 0 bridgehead atoms. The molecule has 0 saturated carbocycles. The second-order valence-corrected chi connectivity index (χ2v) is 6.34. The fraction of sp³-hybridized carbons (Fsp3) is 0.0526. The topological polar surface area (TPSA) is 51.2 Å². The largest absolute Gasteiger partial charge is 0.495 e. The number of nitrogens with zero attached hydrogens (tertiary/aromatic N) is 1. The second kappa shape index (κ2) is 5.94. The number of thiophene rings is 1. The standard InChI is InChI=1S/C19H14N2O2S/c1-23-15-10-9-13(21-19(22)14-7-4-5-11-20-14)17-12-6-2-3-8-16(12)24-18(15)17/h2-11H,1H3,(H,21,22). The van der Waals surface area contributed by atoms with E-state index in [4.69, 9.17) is 4.74 Å². The number of amides is 1. The highest BCUT2D eigenvalue weighted by atomic mass is 32.1. The Morgan fingerprint density at radius 1 is 1.08 bits per heavy atom. The maximum Gasteiger partial charge on any atom is 0.274 e. The average Bonchev–Trinajstić information content (AvgIpc) is 3.02. The highest BCUT2D eigenvalue weighted by Gasteiger charge is 2.16. The summed E-state index contributed by atoms with van der Waals surface area (Å²) in [6, 6.07) is 17.2. The number of fused-ring (bicyclic) bond motifs is 3. The highest BCUT2D eigenvalue weighted by molar-refractivity contribution is 7.26. The van der Waals surface area contributed by atoms with Gasteiger partial charge in [0.2, 0.25) is 0 Å². The van der Waals surface area contributed by atoms with Gasteiger partial charge >= 0.3 is 0 Å². The number of hydrogen-bond acceptors (Lipinski definition) is 4. The van der Waals surface area contributed by atoms with Gasteiger partial charge in [0.25, 0.3) is 5.91 Å². The number of pyridine rings is 1. The Hall–Kier alpha value is -2.92. The Bertz CT molecular complexity index is 1040. The summed E-state index contributed by atoms with van der Waals surface area (Å²) in [5.41, 5.74) is 1.15. The maximum absolute atomic E-state index is 12.5. The minimum absolute atomic E-state index is 0.225. The smallest absolute Gasteiger partial charge is 0.274 e. The monoisotopic (exact) mass is 334 g/mol. The van der Waals surface area contributed by atoms with E-state index in [1.54, 1.807) is 42.8 Å². The molecule has 0 unspecified atom stereocenters. The number of rotatable bonds is 3. The van der Waals surface area contributed by atoms with E-state index in [1.807, 2.05) is 24.3 Å². The molecule has 2 aromatic heterocycles. The maximum atomic E-state index is 12.5. The van der Waals surface area contributed by atoms with Crippen molar-refractivity contribution in [1.82, 2.24) is 4.98 Å². The van der Waals surface area contributed by atoms with Crippen molar-refractivity contribution in [1.29, 1.82) is 0 Å². The van der Waals surface area contributed by atoms with Crippen molar-refractivity contribution in [3.05, 3.63) is 66.5 Å². The molecule has 24 heavy (non-hydrogen) atoms. The zero-order valence-corrected chi connectivity index (χ0v) is 13.8. The van der Waals surface area contributed by atoms with Gasteiger partial charge in [-0.1, -0.05) is 24.3 Å². The first-order valence-corrected chi connectivity index (χ1v) is 8.30. The van der Waals surface area contributed by atoms with Gasteiger partial charge in [-0.25, -0.2) is 0 Å². The van der Waals surface area contributed by atoms with Gasteiger partial charge < -0.3 is 10.1 Å². The predicted octanol–water partition coefficient (Wildman–Crippen LogP) is 4.71. The van der Waals surface area contributed by atoms with Crippen LogP contribution >= 0.6 is 11.3 Å². The highest BCUT2D eigenvalue weighted by Crippen LogP contribution is 2.43. The molecule has 1 amide bonds. The van der Waals surface area contributed by atoms with Gasteiger partial charge in [0.05, 0.1) is 17.5 Å². The number of aromatic nitrogens is 1. The SMILES string of the molecule is COc1ccc(NC(=O)c2ccccn2)c2c1sc1ccccc12. The molecule has 0 aliphatic heterocycles. The van der Waals surface area contributed by atoms with Crippen LogP contribution in [0.15, 0.2) is 60.8 Å². The molecule has 4 aromatic rings. The number of ether oxygens (including phenoxy) is 1. The molecule has 0 fully saturated rings. The minimum Gasteiger partial charge on any atom is -0.495 e. The number of methoxy groups -OCH3 is 1. The lowest BCUT2D eigenvalue weighted by atomic mass is 10.1. The summed E-state index contributed by atoms with van der Waals surface area (Å²) in [6.45, 7) is 0. The molecule has 118 valence electrons. The Kier molecular flexibility index (Phi) is 3.63. The van der Waals surface area contributed by atoms with Crippen LogP contribution in [0.25, 0.3) is 20.2 Å². The van der Waals surface area contributed by atoms with E-state index in [0.717, 1.165) is 31.6 Å². The summed E-state index contributed by atoms with van der Waals surface area (Å²) in [7, 11) is 1.66. The van der Waals surface area contributed by atoms with Crippen LogP contribution in [0.3, 0.4) is 0 Å². The van der Waals surface area contributed by atoms with E-state index in [-0.39, 0.29) is 5.91 Å². The van der Waals surface area contributed by atoms with Gasteiger partial charge in [-0.2, -0.15) is 0 Å². The van der Waals surface area contributed by atoms with Crippen molar-refractivity contribution in [2.24, 2.45) is 0 Å². The zero-order chi connectivity index (χ0) is 16.5. The molecule has 4 rings (SSSR count). The van der Waals surface area contributed by atoms with Crippen molar-refractivity contribution in [3.63, 3.8) is 0 Å². The summed E-state index contributed by atoms with van der Waals surface area (Å²) >= 11 is 1.66. The number of benzene rings is 2. The number of carbonyl (C=O) groups excluding carboxylic acids is 1. The number of anilines is 1. The normalized spacial score (nSPS) is 10.9. The Morgan fingerprint density at radius 3 is 2.71 bits per heavy atom. The molecular formula is C19H14N2O2S. The van der Waals surface area contributed by atoms with Crippen LogP contribution in [-0.4, -0.2) is 18.0 Å². The van der Waals surface area contributed by atoms with E-state index >= 15 is 0 Å². The van der Waals surface area contributed by atoms with Crippen molar-refractivity contribution >= 4 is 43.1 Å². The first-order chi connectivity index (χ1) is 11.8. The molecule has 0 atom stereocenters. The Balaban J connectivity index is 1.88. The van der Waals surface area contributed by atoms with Gasteiger partial charge in [0.15, 0.2) is 0 Å². The quantitative estimate of drug-likeness (QED) is 0.590. The van der Waals surface area contributed by atoms with E-state index in [2.05, 4.69) is 22.4 Å². The van der Waals surface area contributed by atoms with Crippen molar-refractivity contribution < 1.29 is 9.53 Å². The fourth-order valence-corrected chi connectivity index (χ4v) is 3.97. The van der Waals surface area contributed by atoms with Gasteiger partial charge in [-0.05, 0) is 30.3 Å². The van der Waals surface area contributed by atoms with Crippen LogP contribution < -0.4 is 10.1 Å². The van der Waals surface area contributed by atoms with E-state index in [1.165, 1.54) is 0 Å². The summed E-state index contributed by atoms with van der Waals surface area (Å²) < 4.78 is 7.67. The van der Waals surface area contributed by atoms with Gasteiger partial charge in [0.1, 0.15) is 11.4 Å². The van der Waals surface area contributed by atoms with Crippen LogP contribution in [0.5, 0.6) is 5.75 Å². The average molecular weight is 334 g/mol. The third-order valence-corrected chi connectivity index (χ3v) is 5.04. The summed E-state index contributed by atoms with van der Waals surface area (Å²) in [5.74, 6) is 0.583. The molecule has 4 nitrogen and oxygen atoms in total. The molecule has 0 spiro atoms. The predicted molar refractivity (Wildman–Crippen MR) is 98.1 cm³/mol. The van der Waals surface area contributed by atoms with Crippen LogP contribution in [0.1, 0.15) is 10.5 Å². The molecule has 0 aliphatic carbocycles. The molecule has 2 heterocycles. The molecule has 5 heteroatoms. The van der Waals surface area contributed by atoms with Crippen LogP contribution in [-0.2, 0) is 0 Å². The molecule has 2 aromatic carbocycles. The third-order valence-electron chi connectivity index (χ3n) is 3.86. The zero-order valence-electron chi connectivity index (χ0n) is 12.9. The molecule has 1 N–H and O–H groups in total. The molecule has 0 saturated heterocycles. The van der Waals surface area contributed by atoms with Gasteiger partial charge in [-0.3, -0.25) is 9.78 Å². The van der Waals surface area contributed by atoms with Crippen molar-refractivity contribution in [2.75, 3.05) is 12.4 Å². The Morgan fingerprint density at radius 2 is 1.92 bits per heavy atom. The fourth-order valence-electron chi connectivity index (χ4n) is 2.75. The van der Waals surface area contributed by atoms with Crippen LogP contribution in [0, 0.1) is 0 Å². The second-order valence-electron chi connectivity index (χ2n) is 5.29. The van der Waals surface area contributed by atoms with Crippen LogP contribution in [0.2, 0.25) is 0 Å². The van der Waals surface area contributed by atoms with E-state index in [9.17, 15) is 4.79 Å². The van der Waals surface area contributed by atoms with Gasteiger partial charge in [-0.15, -0.1) is 11.3 Å². The van der Waals surface area contributed by atoms with Gasteiger partial charge in [0, 0.05) is 21.7 Å². The molecule has 0 aliphatic rings. The minimum atomic E-state index is -0.225. The number of nitrogens with one attached hydrogen (secondary N) is 1. The number of carbonyl (C=O) groups is 1. The first kappa shape index (κ1) is 14.7. The van der Waals surface area contributed by atoms with Crippen LogP contribution in [0.4, 0.5) is 5.69 Å². The lowest BCUT2D eigenvalue weighted by molar-refractivity contribution is 0.102.